The van der Waals surface area contributed by atoms with Crippen molar-refractivity contribution in [2.24, 2.45) is 0 Å². The van der Waals surface area contributed by atoms with Crippen molar-refractivity contribution < 1.29 is 8.42 Å². The number of nitrogens with one attached hydrogen (secondary N) is 1. The van der Waals surface area contributed by atoms with Gasteiger partial charge in [0.2, 0.25) is 0 Å². The lowest BCUT2D eigenvalue weighted by Gasteiger charge is -2.02. The minimum Gasteiger partial charge on any atom is -0.300 e. The number of benzene rings is 1. The van der Waals surface area contributed by atoms with Crippen LogP contribution in [0.25, 0.3) is 0 Å². The highest BCUT2D eigenvalue weighted by atomic mass is 32.2. The van der Waals surface area contributed by atoms with Crippen LogP contribution in [0.15, 0.2) is 41.8 Å². The largest absolute Gasteiger partial charge is 0.300 e. The first-order valence-corrected chi connectivity index (χ1v) is 5.37. The van der Waals surface area contributed by atoms with E-state index in [1.807, 2.05) is 0 Å². The van der Waals surface area contributed by atoms with E-state index in [9.17, 15) is 8.42 Å². The normalized spacial score (nSPS) is 11.1. The molecule has 4 heteroatoms. The molecule has 1 aromatic carbocycles. The molecule has 0 aromatic heterocycles. The lowest BCUT2D eigenvalue weighted by atomic mass is 10.3. The maximum atomic E-state index is 11.5. The van der Waals surface area contributed by atoms with Gasteiger partial charge in [-0.15, -0.1) is 6.58 Å². The van der Waals surface area contributed by atoms with Gasteiger partial charge < -0.3 is 0 Å². The summed E-state index contributed by atoms with van der Waals surface area (Å²) in [5.41, 5.74) is 7.42. The SMILES string of the molecule is C=CCS(=O)(=O)c1ccccc1[NH]. The van der Waals surface area contributed by atoms with Crippen LogP contribution in [0, 0.1) is 0 Å². The van der Waals surface area contributed by atoms with Crippen LogP contribution < -0.4 is 5.73 Å². The van der Waals surface area contributed by atoms with Crippen molar-refractivity contribution in [1.29, 1.82) is 0 Å². The van der Waals surface area contributed by atoms with E-state index in [0.29, 0.717) is 0 Å². The van der Waals surface area contributed by atoms with Crippen LogP contribution in [0.3, 0.4) is 0 Å². The molecule has 0 bridgehead atoms. The number of rotatable bonds is 3. The van der Waals surface area contributed by atoms with E-state index in [-0.39, 0.29) is 16.3 Å². The zero-order chi connectivity index (χ0) is 9.90. The molecule has 0 unspecified atom stereocenters. The van der Waals surface area contributed by atoms with Crippen LogP contribution in [-0.4, -0.2) is 14.2 Å². The Labute approximate surface area is 77.8 Å². The predicted octanol–water partition coefficient (Wildman–Crippen LogP) is 1.56. The molecule has 0 spiro atoms. The monoisotopic (exact) mass is 196 g/mol. The fourth-order valence-corrected chi connectivity index (χ4v) is 2.16. The zero-order valence-electron chi connectivity index (χ0n) is 7.03. The molecule has 0 amide bonds. The van der Waals surface area contributed by atoms with Crippen LogP contribution in [0.1, 0.15) is 0 Å². The molecule has 1 N–H and O–H groups in total. The third-order valence-electron chi connectivity index (χ3n) is 1.56. The molecule has 1 rings (SSSR count). The van der Waals surface area contributed by atoms with Crippen molar-refractivity contribution in [3.05, 3.63) is 36.9 Å². The highest BCUT2D eigenvalue weighted by molar-refractivity contribution is 7.91. The molecular formula is C9H10NO2S. The molecule has 0 saturated carbocycles. The van der Waals surface area contributed by atoms with Gasteiger partial charge in [-0.3, -0.25) is 5.73 Å². The average Bonchev–Trinajstić information content (AvgIpc) is 2.04. The second-order valence-electron chi connectivity index (χ2n) is 2.57. The van der Waals surface area contributed by atoms with Gasteiger partial charge in [-0.05, 0) is 12.1 Å². The summed E-state index contributed by atoms with van der Waals surface area (Å²) in [5, 5.41) is 0. The fraction of sp³-hybridized carbons (Fsp3) is 0.111. The second kappa shape index (κ2) is 3.62. The van der Waals surface area contributed by atoms with Gasteiger partial charge in [0.25, 0.3) is 0 Å². The molecule has 0 aliphatic rings. The Morgan fingerprint density at radius 1 is 1.38 bits per heavy atom. The zero-order valence-corrected chi connectivity index (χ0v) is 7.84. The van der Waals surface area contributed by atoms with Crippen molar-refractivity contribution in [2.75, 3.05) is 5.75 Å². The van der Waals surface area contributed by atoms with Crippen molar-refractivity contribution >= 4 is 15.5 Å². The van der Waals surface area contributed by atoms with Crippen LogP contribution in [0.5, 0.6) is 0 Å². The molecule has 0 atom stereocenters. The van der Waals surface area contributed by atoms with Gasteiger partial charge in [-0.1, -0.05) is 18.2 Å². The molecule has 1 radical (unpaired) electrons. The summed E-state index contributed by atoms with van der Waals surface area (Å²) in [6.45, 7) is 3.36. The third-order valence-corrected chi connectivity index (χ3v) is 3.26. The van der Waals surface area contributed by atoms with Crippen LogP contribution in [0.4, 0.5) is 5.69 Å². The van der Waals surface area contributed by atoms with Gasteiger partial charge >= 0.3 is 0 Å². The van der Waals surface area contributed by atoms with E-state index in [1.54, 1.807) is 12.1 Å². The van der Waals surface area contributed by atoms with Crippen molar-refractivity contribution in [3.63, 3.8) is 0 Å². The minimum absolute atomic E-state index is 0.0318. The van der Waals surface area contributed by atoms with Gasteiger partial charge in [0.05, 0.1) is 16.3 Å². The Morgan fingerprint density at radius 3 is 2.54 bits per heavy atom. The lowest BCUT2D eigenvalue weighted by molar-refractivity contribution is 0.599. The highest BCUT2D eigenvalue weighted by Gasteiger charge is 2.14. The maximum Gasteiger partial charge on any atom is 0.184 e. The molecule has 1 aromatic rings. The van der Waals surface area contributed by atoms with E-state index in [0.717, 1.165) is 0 Å². The van der Waals surface area contributed by atoms with Crippen molar-refractivity contribution in [3.8, 4) is 0 Å². The van der Waals surface area contributed by atoms with E-state index in [1.165, 1.54) is 18.2 Å². The Bertz CT molecular complexity index is 409. The lowest BCUT2D eigenvalue weighted by Crippen LogP contribution is -2.04. The third kappa shape index (κ3) is 2.09. The summed E-state index contributed by atoms with van der Waals surface area (Å²) in [6, 6.07) is 6.13. The first-order valence-electron chi connectivity index (χ1n) is 3.72. The number of hydrogen-bond donors (Lipinski definition) is 0. The predicted molar refractivity (Wildman–Crippen MR) is 51.4 cm³/mol. The van der Waals surface area contributed by atoms with Gasteiger partial charge in [-0.25, -0.2) is 8.42 Å². The Hall–Kier alpha value is -1.29. The minimum atomic E-state index is -3.35. The van der Waals surface area contributed by atoms with E-state index in [4.69, 9.17) is 5.73 Å². The van der Waals surface area contributed by atoms with E-state index >= 15 is 0 Å². The molecule has 3 nitrogen and oxygen atoms in total. The standard InChI is InChI=1S/C9H10NO2S/c1-2-7-13(11,12)9-6-4-3-5-8(9)10/h2-6,10H,1,7H2. The average molecular weight is 196 g/mol. The molecule has 0 aliphatic carbocycles. The maximum absolute atomic E-state index is 11.5. The summed E-state index contributed by atoms with van der Waals surface area (Å²) >= 11 is 0. The smallest absolute Gasteiger partial charge is 0.184 e. The summed E-state index contributed by atoms with van der Waals surface area (Å²) in [5.74, 6) is -0.122. The molecule has 0 heterocycles. The molecule has 0 saturated heterocycles. The van der Waals surface area contributed by atoms with Gasteiger partial charge in [-0.2, -0.15) is 0 Å². The fourth-order valence-electron chi connectivity index (χ4n) is 0.983. The topological polar surface area (TPSA) is 57.9 Å². The summed E-state index contributed by atoms with van der Waals surface area (Å²) in [4.78, 5) is 0.0647. The first kappa shape index (κ1) is 9.80. The molecule has 13 heavy (non-hydrogen) atoms. The van der Waals surface area contributed by atoms with Crippen molar-refractivity contribution in [1.82, 2.24) is 5.73 Å². The van der Waals surface area contributed by atoms with E-state index in [2.05, 4.69) is 6.58 Å². The quantitative estimate of drug-likeness (QED) is 0.689. The van der Waals surface area contributed by atoms with Gasteiger partial charge in [0.15, 0.2) is 9.84 Å². The number of sulfone groups is 1. The highest BCUT2D eigenvalue weighted by Crippen LogP contribution is 2.19. The molecule has 0 fully saturated rings. The Kier molecular flexibility index (Phi) is 2.72. The Balaban J connectivity index is 3.22. The van der Waals surface area contributed by atoms with Crippen LogP contribution >= 0.6 is 0 Å². The van der Waals surface area contributed by atoms with Gasteiger partial charge in [0.1, 0.15) is 0 Å². The molecule has 0 aliphatic heterocycles. The number of hydrogen-bond acceptors (Lipinski definition) is 2. The summed E-state index contributed by atoms with van der Waals surface area (Å²) in [7, 11) is -3.35. The summed E-state index contributed by atoms with van der Waals surface area (Å²) in [6.07, 6.45) is 1.32. The van der Waals surface area contributed by atoms with Crippen LogP contribution in [0.2, 0.25) is 0 Å². The van der Waals surface area contributed by atoms with Crippen molar-refractivity contribution in [2.45, 2.75) is 4.90 Å². The second-order valence-corrected chi connectivity index (χ2v) is 4.57. The molecular weight excluding hydrogens is 186 g/mol. The van der Waals surface area contributed by atoms with E-state index < -0.39 is 9.84 Å². The summed E-state index contributed by atoms with van der Waals surface area (Å²) < 4.78 is 22.9. The van der Waals surface area contributed by atoms with Gasteiger partial charge in [0, 0.05) is 0 Å². The molecule has 69 valence electrons. The first-order chi connectivity index (χ1) is 6.08. The van der Waals surface area contributed by atoms with Crippen LogP contribution in [-0.2, 0) is 9.84 Å². The Morgan fingerprint density at radius 2 is 2.00 bits per heavy atom.